The van der Waals surface area contributed by atoms with Crippen molar-refractivity contribution in [2.45, 2.75) is 26.3 Å². The molecule has 0 radical (unpaired) electrons. The predicted molar refractivity (Wildman–Crippen MR) is 113 cm³/mol. The second-order valence-electron chi connectivity index (χ2n) is 6.79. The summed E-state index contributed by atoms with van der Waals surface area (Å²) in [6.45, 7) is 4.80. The number of para-hydroxylation sites is 2. The molecule has 1 aromatic heterocycles. The highest BCUT2D eigenvalue weighted by Crippen LogP contribution is 2.24. The Morgan fingerprint density at radius 3 is 2.50 bits per heavy atom. The summed E-state index contributed by atoms with van der Waals surface area (Å²) in [6, 6.07) is 19.3. The Morgan fingerprint density at radius 1 is 1.04 bits per heavy atom. The van der Waals surface area contributed by atoms with E-state index in [9.17, 15) is 4.79 Å². The van der Waals surface area contributed by atoms with Crippen molar-refractivity contribution >= 4 is 17.4 Å². The van der Waals surface area contributed by atoms with Gasteiger partial charge in [-0.15, -0.1) is 0 Å². The number of hydrogen-bond donors (Lipinski definition) is 2. The van der Waals surface area contributed by atoms with E-state index in [1.165, 1.54) is 0 Å². The van der Waals surface area contributed by atoms with Crippen LogP contribution >= 0.6 is 0 Å². The van der Waals surface area contributed by atoms with Gasteiger partial charge in [0, 0.05) is 24.0 Å². The van der Waals surface area contributed by atoms with E-state index in [-0.39, 0.29) is 5.91 Å². The van der Waals surface area contributed by atoms with Crippen LogP contribution in [0.3, 0.4) is 0 Å². The summed E-state index contributed by atoms with van der Waals surface area (Å²) in [5.41, 5.74) is 3.50. The lowest BCUT2D eigenvalue weighted by atomic mass is 10.0. The zero-order chi connectivity index (χ0) is 19.9. The lowest BCUT2D eigenvalue weighted by molar-refractivity contribution is 0.102. The van der Waals surface area contributed by atoms with Gasteiger partial charge in [0.25, 0.3) is 5.91 Å². The molecule has 0 saturated heterocycles. The van der Waals surface area contributed by atoms with Gasteiger partial charge in [0.2, 0.25) is 0 Å². The largest absolute Gasteiger partial charge is 0.496 e. The van der Waals surface area contributed by atoms with Crippen LogP contribution in [0.4, 0.5) is 11.5 Å². The number of methoxy groups -OCH3 is 1. The molecular formula is C23H25N3O2. The molecule has 1 heterocycles. The van der Waals surface area contributed by atoms with Gasteiger partial charge in [-0.25, -0.2) is 4.98 Å². The molecule has 0 atom stereocenters. The maximum Gasteiger partial charge on any atom is 0.257 e. The van der Waals surface area contributed by atoms with E-state index in [0.29, 0.717) is 23.8 Å². The second-order valence-corrected chi connectivity index (χ2v) is 6.79. The fourth-order valence-electron chi connectivity index (χ4n) is 2.98. The average Bonchev–Trinajstić information content (AvgIpc) is 2.73. The van der Waals surface area contributed by atoms with Crippen LogP contribution in [0.2, 0.25) is 0 Å². The van der Waals surface area contributed by atoms with Gasteiger partial charge >= 0.3 is 0 Å². The number of amides is 1. The van der Waals surface area contributed by atoms with E-state index in [2.05, 4.69) is 29.5 Å². The topological polar surface area (TPSA) is 63.2 Å². The molecule has 28 heavy (non-hydrogen) atoms. The zero-order valence-corrected chi connectivity index (χ0v) is 16.4. The Balaban J connectivity index is 1.65. The smallest absolute Gasteiger partial charge is 0.257 e. The molecule has 0 unspecified atom stereocenters. The van der Waals surface area contributed by atoms with Crippen LogP contribution in [-0.4, -0.2) is 18.0 Å². The summed E-state index contributed by atoms with van der Waals surface area (Å²) < 4.78 is 5.35. The molecule has 144 valence electrons. The lowest BCUT2D eigenvalue weighted by Gasteiger charge is -2.14. The number of benzene rings is 2. The molecule has 2 N–H and O–H groups in total. The average molecular weight is 375 g/mol. The van der Waals surface area contributed by atoms with Crippen molar-refractivity contribution in [3.05, 3.63) is 83.6 Å². The highest BCUT2D eigenvalue weighted by Gasteiger charge is 2.11. The van der Waals surface area contributed by atoms with Gasteiger partial charge < -0.3 is 15.4 Å². The van der Waals surface area contributed by atoms with Crippen LogP contribution in [-0.2, 0) is 6.54 Å². The standard InChI is InChI=1S/C23H25N3O2/c1-16(2)19-9-5-6-10-20(19)26-23(27)18-12-13-22(25-15-18)24-14-17-8-4-7-11-21(17)28-3/h4-13,15-16H,14H2,1-3H3,(H,24,25)(H,26,27). The molecule has 5 nitrogen and oxygen atoms in total. The van der Waals surface area contributed by atoms with Crippen LogP contribution in [0.1, 0.15) is 41.3 Å². The number of nitrogens with one attached hydrogen (secondary N) is 2. The van der Waals surface area contributed by atoms with Crippen molar-refractivity contribution in [2.75, 3.05) is 17.7 Å². The Labute approximate surface area is 165 Å². The maximum atomic E-state index is 12.6. The Kier molecular flexibility index (Phi) is 6.27. The highest BCUT2D eigenvalue weighted by molar-refractivity contribution is 6.04. The molecule has 2 aromatic carbocycles. The first-order valence-corrected chi connectivity index (χ1v) is 9.30. The Morgan fingerprint density at radius 2 is 1.79 bits per heavy atom. The molecule has 0 aliphatic rings. The minimum Gasteiger partial charge on any atom is -0.496 e. The third-order valence-corrected chi connectivity index (χ3v) is 4.51. The van der Waals surface area contributed by atoms with E-state index in [4.69, 9.17) is 4.74 Å². The number of rotatable bonds is 7. The minimum atomic E-state index is -0.170. The SMILES string of the molecule is COc1ccccc1CNc1ccc(C(=O)Nc2ccccc2C(C)C)cn1. The zero-order valence-electron chi connectivity index (χ0n) is 16.4. The van der Waals surface area contributed by atoms with E-state index < -0.39 is 0 Å². The summed E-state index contributed by atoms with van der Waals surface area (Å²) in [4.78, 5) is 16.9. The van der Waals surface area contributed by atoms with Crippen molar-refractivity contribution in [3.63, 3.8) is 0 Å². The van der Waals surface area contributed by atoms with Crippen LogP contribution in [0.5, 0.6) is 5.75 Å². The fourth-order valence-corrected chi connectivity index (χ4v) is 2.98. The third-order valence-electron chi connectivity index (χ3n) is 4.51. The maximum absolute atomic E-state index is 12.6. The Bertz CT molecular complexity index is 937. The number of hydrogen-bond acceptors (Lipinski definition) is 4. The summed E-state index contributed by atoms with van der Waals surface area (Å²) in [6.07, 6.45) is 1.58. The van der Waals surface area contributed by atoms with Crippen molar-refractivity contribution < 1.29 is 9.53 Å². The van der Waals surface area contributed by atoms with Gasteiger partial charge in [-0.1, -0.05) is 50.2 Å². The van der Waals surface area contributed by atoms with Crippen molar-refractivity contribution in [2.24, 2.45) is 0 Å². The first-order valence-electron chi connectivity index (χ1n) is 9.30. The number of nitrogens with zero attached hydrogens (tertiary/aromatic N) is 1. The molecule has 0 aliphatic carbocycles. The predicted octanol–water partition coefficient (Wildman–Crippen LogP) is 5.08. The van der Waals surface area contributed by atoms with Crippen LogP contribution in [0.15, 0.2) is 66.9 Å². The number of carbonyl (C=O) groups excluding carboxylic acids is 1. The third kappa shape index (κ3) is 4.68. The molecule has 3 rings (SSSR count). The van der Waals surface area contributed by atoms with Crippen LogP contribution in [0, 0.1) is 0 Å². The van der Waals surface area contributed by atoms with Gasteiger partial charge in [0.1, 0.15) is 11.6 Å². The summed E-state index contributed by atoms with van der Waals surface area (Å²) >= 11 is 0. The van der Waals surface area contributed by atoms with E-state index in [1.807, 2.05) is 48.5 Å². The second kappa shape index (κ2) is 9.04. The van der Waals surface area contributed by atoms with Gasteiger partial charge in [-0.2, -0.15) is 0 Å². The first kappa shape index (κ1) is 19.4. The molecule has 5 heteroatoms. The molecule has 0 fully saturated rings. The van der Waals surface area contributed by atoms with E-state index in [1.54, 1.807) is 25.4 Å². The molecule has 0 aliphatic heterocycles. The number of ether oxygens (including phenoxy) is 1. The summed E-state index contributed by atoms with van der Waals surface area (Å²) in [5.74, 6) is 1.69. The monoisotopic (exact) mass is 375 g/mol. The number of aromatic nitrogens is 1. The van der Waals surface area contributed by atoms with Crippen molar-refractivity contribution in [1.82, 2.24) is 4.98 Å². The number of pyridine rings is 1. The molecule has 3 aromatic rings. The lowest BCUT2D eigenvalue weighted by Crippen LogP contribution is -2.14. The quantitative estimate of drug-likeness (QED) is 0.605. The van der Waals surface area contributed by atoms with Crippen molar-refractivity contribution in [1.29, 1.82) is 0 Å². The number of anilines is 2. The van der Waals surface area contributed by atoms with Crippen molar-refractivity contribution in [3.8, 4) is 5.75 Å². The van der Waals surface area contributed by atoms with Gasteiger partial charge in [-0.05, 0) is 35.7 Å². The van der Waals surface area contributed by atoms with Crippen LogP contribution < -0.4 is 15.4 Å². The molecular weight excluding hydrogens is 350 g/mol. The molecule has 0 spiro atoms. The summed E-state index contributed by atoms with van der Waals surface area (Å²) in [7, 11) is 1.65. The Hall–Kier alpha value is -3.34. The van der Waals surface area contributed by atoms with Gasteiger partial charge in [0.15, 0.2) is 0 Å². The van der Waals surface area contributed by atoms with Gasteiger partial charge in [-0.3, -0.25) is 4.79 Å². The summed E-state index contributed by atoms with van der Waals surface area (Å²) in [5, 5.41) is 6.24. The first-order chi connectivity index (χ1) is 13.6. The van der Waals surface area contributed by atoms with E-state index in [0.717, 1.165) is 22.6 Å². The molecule has 0 saturated carbocycles. The molecule has 0 bridgehead atoms. The normalized spacial score (nSPS) is 10.6. The minimum absolute atomic E-state index is 0.170. The highest BCUT2D eigenvalue weighted by atomic mass is 16.5. The fraction of sp³-hybridized carbons (Fsp3) is 0.217. The van der Waals surface area contributed by atoms with Crippen LogP contribution in [0.25, 0.3) is 0 Å². The number of carbonyl (C=O) groups is 1. The van der Waals surface area contributed by atoms with Gasteiger partial charge in [0.05, 0.1) is 12.7 Å². The molecule has 1 amide bonds. The van der Waals surface area contributed by atoms with E-state index >= 15 is 0 Å².